The summed E-state index contributed by atoms with van der Waals surface area (Å²) in [6, 6.07) is 5.41. The van der Waals surface area contributed by atoms with Gasteiger partial charge in [-0.3, -0.25) is 0 Å². The Morgan fingerprint density at radius 3 is 2.29 bits per heavy atom. The van der Waals surface area contributed by atoms with Gasteiger partial charge in [0.15, 0.2) is 10.8 Å². The second kappa shape index (κ2) is 6.45. The molecule has 0 aliphatic rings. The fourth-order valence-electron chi connectivity index (χ4n) is 1.74. The summed E-state index contributed by atoms with van der Waals surface area (Å²) in [5, 5.41) is 3.73. The molecule has 6 nitrogen and oxygen atoms in total. The van der Waals surface area contributed by atoms with Crippen LogP contribution in [0.5, 0.6) is 11.5 Å². The maximum atomic E-state index is 11.6. The molecule has 0 aliphatic carbocycles. The molecule has 0 atom stereocenters. The molecule has 0 unspecified atom stereocenters. The van der Waals surface area contributed by atoms with Crippen LogP contribution in [-0.4, -0.2) is 32.3 Å². The first-order chi connectivity index (χ1) is 10.1. The van der Waals surface area contributed by atoms with Gasteiger partial charge in [-0.05, 0) is 6.92 Å². The van der Waals surface area contributed by atoms with Crippen molar-refractivity contribution in [2.75, 3.05) is 26.6 Å². The van der Waals surface area contributed by atoms with Crippen molar-refractivity contribution in [3.05, 3.63) is 28.8 Å². The van der Waals surface area contributed by atoms with E-state index in [1.165, 1.54) is 18.4 Å². The molecule has 1 heterocycles. The van der Waals surface area contributed by atoms with Crippen LogP contribution < -0.4 is 14.8 Å². The minimum atomic E-state index is -0.444. The van der Waals surface area contributed by atoms with E-state index in [1.807, 2.05) is 19.1 Å². The van der Waals surface area contributed by atoms with E-state index in [0.29, 0.717) is 22.3 Å². The fourth-order valence-corrected chi connectivity index (χ4v) is 2.56. The van der Waals surface area contributed by atoms with E-state index < -0.39 is 5.97 Å². The lowest BCUT2D eigenvalue weighted by Gasteiger charge is -2.08. The average Bonchev–Trinajstić information content (AvgIpc) is 2.86. The number of thiazole rings is 1. The molecule has 0 radical (unpaired) electrons. The van der Waals surface area contributed by atoms with E-state index in [9.17, 15) is 4.79 Å². The van der Waals surface area contributed by atoms with Crippen LogP contribution >= 0.6 is 11.3 Å². The Labute approximate surface area is 126 Å². The molecule has 0 saturated heterocycles. The van der Waals surface area contributed by atoms with E-state index >= 15 is 0 Å². The van der Waals surface area contributed by atoms with Crippen molar-refractivity contribution < 1.29 is 19.0 Å². The standard InChI is InChI=1S/C14H16N2O4S/c1-8-12(13(17)20-4)16-14(21-8)15-9-5-10(18-2)7-11(6-9)19-3/h5-7H,1-4H3,(H,15,16). The van der Waals surface area contributed by atoms with Crippen molar-refractivity contribution >= 4 is 28.1 Å². The minimum absolute atomic E-state index is 0.319. The molecular formula is C14H16N2O4S. The second-order valence-corrected chi connectivity index (χ2v) is 5.34. The van der Waals surface area contributed by atoms with Gasteiger partial charge in [0.2, 0.25) is 0 Å². The van der Waals surface area contributed by atoms with Crippen LogP contribution in [0, 0.1) is 6.92 Å². The summed E-state index contributed by atoms with van der Waals surface area (Å²) >= 11 is 1.38. The van der Waals surface area contributed by atoms with E-state index in [-0.39, 0.29) is 0 Å². The molecule has 7 heteroatoms. The number of rotatable bonds is 5. The number of aromatic nitrogens is 1. The first-order valence-corrected chi connectivity index (χ1v) is 6.95. The summed E-state index contributed by atoms with van der Waals surface area (Å²) in [5.74, 6) is 0.886. The Balaban J connectivity index is 2.27. The van der Waals surface area contributed by atoms with Gasteiger partial charge in [-0.1, -0.05) is 0 Å². The lowest BCUT2D eigenvalue weighted by atomic mass is 10.3. The smallest absolute Gasteiger partial charge is 0.357 e. The van der Waals surface area contributed by atoms with Crippen LogP contribution in [0.4, 0.5) is 10.8 Å². The van der Waals surface area contributed by atoms with Gasteiger partial charge in [0.05, 0.1) is 21.3 Å². The molecule has 0 bridgehead atoms. The highest BCUT2D eigenvalue weighted by atomic mass is 32.1. The number of aryl methyl sites for hydroxylation is 1. The summed E-state index contributed by atoms with van der Waals surface area (Å²) < 4.78 is 15.1. The molecule has 112 valence electrons. The minimum Gasteiger partial charge on any atom is -0.497 e. The van der Waals surface area contributed by atoms with Crippen molar-refractivity contribution in [1.29, 1.82) is 0 Å². The number of methoxy groups -OCH3 is 3. The largest absolute Gasteiger partial charge is 0.497 e. The molecule has 0 saturated carbocycles. The highest BCUT2D eigenvalue weighted by Gasteiger charge is 2.16. The highest BCUT2D eigenvalue weighted by Crippen LogP contribution is 2.30. The Morgan fingerprint density at radius 1 is 1.14 bits per heavy atom. The summed E-state index contributed by atoms with van der Waals surface area (Å²) in [4.78, 5) is 16.6. The summed E-state index contributed by atoms with van der Waals surface area (Å²) in [6.07, 6.45) is 0. The SMILES string of the molecule is COC(=O)c1nc(Nc2cc(OC)cc(OC)c2)sc1C. The number of hydrogen-bond acceptors (Lipinski definition) is 7. The maximum Gasteiger partial charge on any atom is 0.357 e. The Bertz CT molecular complexity index is 632. The third-order valence-electron chi connectivity index (χ3n) is 2.78. The predicted octanol–water partition coefficient (Wildman–Crippen LogP) is 3.00. The Hall–Kier alpha value is -2.28. The second-order valence-electron chi connectivity index (χ2n) is 4.14. The van der Waals surface area contributed by atoms with Gasteiger partial charge in [0.25, 0.3) is 0 Å². The topological polar surface area (TPSA) is 69.7 Å². The number of nitrogens with one attached hydrogen (secondary N) is 1. The molecule has 2 aromatic rings. The number of carbonyl (C=O) groups is 1. The van der Waals surface area contributed by atoms with E-state index in [0.717, 1.165) is 10.6 Å². The number of esters is 1. The summed E-state index contributed by atoms with van der Waals surface area (Å²) in [7, 11) is 4.50. The van der Waals surface area contributed by atoms with Gasteiger partial charge < -0.3 is 19.5 Å². The van der Waals surface area contributed by atoms with Crippen molar-refractivity contribution in [1.82, 2.24) is 4.98 Å². The summed E-state index contributed by atoms with van der Waals surface area (Å²) in [5.41, 5.74) is 1.08. The zero-order valence-corrected chi connectivity index (χ0v) is 13.0. The molecule has 0 amide bonds. The van der Waals surface area contributed by atoms with Crippen molar-refractivity contribution in [2.45, 2.75) is 6.92 Å². The Kier molecular flexibility index (Phi) is 4.64. The third-order valence-corrected chi connectivity index (χ3v) is 3.66. The van der Waals surface area contributed by atoms with Crippen LogP contribution in [0.15, 0.2) is 18.2 Å². The van der Waals surface area contributed by atoms with E-state index in [4.69, 9.17) is 14.2 Å². The van der Waals surface area contributed by atoms with Crippen LogP contribution in [0.1, 0.15) is 15.4 Å². The molecule has 2 rings (SSSR count). The van der Waals surface area contributed by atoms with E-state index in [2.05, 4.69) is 10.3 Å². The molecule has 21 heavy (non-hydrogen) atoms. The molecular weight excluding hydrogens is 292 g/mol. The molecule has 1 N–H and O–H groups in total. The number of benzene rings is 1. The molecule has 1 aromatic carbocycles. The first-order valence-electron chi connectivity index (χ1n) is 6.13. The Morgan fingerprint density at radius 2 is 1.76 bits per heavy atom. The molecule has 0 fully saturated rings. The van der Waals surface area contributed by atoms with Crippen LogP contribution in [0.25, 0.3) is 0 Å². The molecule has 1 aromatic heterocycles. The van der Waals surface area contributed by atoms with Gasteiger partial charge in [0.1, 0.15) is 11.5 Å². The zero-order valence-electron chi connectivity index (χ0n) is 12.2. The lowest BCUT2D eigenvalue weighted by Crippen LogP contribution is -2.03. The van der Waals surface area contributed by atoms with Crippen LogP contribution in [0.3, 0.4) is 0 Å². The lowest BCUT2D eigenvalue weighted by molar-refractivity contribution is 0.0594. The number of anilines is 2. The number of ether oxygens (including phenoxy) is 3. The maximum absolute atomic E-state index is 11.6. The predicted molar refractivity (Wildman–Crippen MR) is 81.0 cm³/mol. The fraction of sp³-hybridized carbons (Fsp3) is 0.286. The van der Waals surface area contributed by atoms with Gasteiger partial charge in [-0.15, -0.1) is 11.3 Å². The number of nitrogens with zero attached hydrogens (tertiary/aromatic N) is 1. The third kappa shape index (κ3) is 3.43. The molecule has 0 spiro atoms. The van der Waals surface area contributed by atoms with Gasteiger partial charge >= 0.3 is 5.97 Å². The normalized spacial score (nSPS) is 10.1. The van der Waals surface area contributed by atoms with Gasteiger partial charge in [-0.2, -0.15) is 0 Å². The first kappa shape index (κ1) is 15.1. The number of carbonyl (C=O) groups excluding carboxylic acids is 1. The van der Waals surface area contributed by atoms with Crippen molar-refractivity contribution in [3.63, 3.8) is 0 Å². The summed E-state index contributed by atoms with van der Waals surface area (Å²) in [6.45, 7) is 1.82. The quantitative estimate of drug-likeness (QED) is 0.856. The van der Waals surface area contributed by atoms with Gasteiger partial charge in [0, 0.05) is 28.8 Å². The van der Waals surface area contributed by atoms with Crippen molar-refractivity contribution in [3.8, 4) is 11.5 Å². The van der Waals surface area contributed by atoms with Crippen molar-refractivity contribution in [2.24, 2.45) is 0 Å². The molecule has 0 aliphatic heterocycles. The number of hydrogen-bond donors (Lipinski definition) is 1. The van der Waals surface area contributed by atoms with Gasteiger partial charge in [-0.25, -0.2) is 9.78 Å². The monoisotopic (exact) mass is 308 g/mol. The highest BCUT2D eigenvalue weighted by molar-refractivity contribution is 7.15. The average molecular weight is 308 g/mol. The van der Waals surface area contributed by atoms with Crippen LogP contribution in [0.2, 0.25) is 0 Å². The van der Waals surface area contributed by atoms with E-state index in [1.54, 1.807) is 20.3 Å². The van der Waals surface area contributed by atoms with Crippen LogP contribution in [-0.2, 0) is 4.74 Å². The zero-order chi connectivity index (χ0) is 15.4.